The molecule has 5 nitrogen and oxygen atoms in total. The summed E-state index contributed by atoms with van der Waals surface area (Å²) in [4.78, 5) is 11.9. The van der Waals surface area contributed by atoms with Gasteiger partial charge in [0.25, 0.3) is 0 Å². The van der Waals surface area contributed by atoms with E-state index in [1.807, 2.05) is 30.3 Å². The van der Waals surface area contributed by atoms with E-state index in [0.717, 1.165) is 16.8 Å². The number of benzene rings is 1. The van der Waals surface area contributed by atoms with Crippen LogP contribution in [-0.2, 0) is 11.2 Å². The number of carbonyl (C=O) groups excluding carboxylic acids is 1. The van der Waals surface area contributed by atoms with E-state index in [2.05, 4.69) is 10.5 Å². The number of aromatic nitrogens is 1. The summed E-state index contributed by atoms with van der Waals surface area (Å²) < 4.78 is 5.01. The van der Waals surface area contributed by atoms with Gasteiger partial charge in [0.15, 0.2) is 0 Å². The molecule has 0 saturated heterocycles. The molecule has 20 heavy (non-hydrogen) atoms. The molecule has 1 atom stereocenters. The molecule has 1 unspecified atom stereocenters. The summed E-state index contributed by atoms with van der Waals surface area (Å²) in [7, 11) is 0. The summed E-state index contributed by atoms with van der Waals surface area (Å²) in [5, 5.41) is 16.5. The molecule has 106 valence electrons. The normalized spacial score (nSPS) is 12.2. The van der Waals surface area contributed by atoms with Crippen LogP contribution in [0.25, 0.3) is 0 Å². The minimum Gasteiger partial charge on any atom is -0.387 e. The van der Waals surface area contributed by atoms with E-state index in [-0.39, 0.29) is 18.9 Å². The first-order valence-electron chi connectivity index (χ1n) is 6.49. The van der Waals surface area contributed by atoms with E-state index >= 15 is 0 Å². The smallest absolute Gasteiger partial charge is 0.224 e. The summed E-state index contributed by atoms with van der Waals surface area (Å²) >= 11 is 0. The van der Waals surface area contributed by atoms with Crippen LogP contribution in [0, 0.1) is 13.8 Å². The van der Waals surface area contributed by atoms with Gasteiger partial charge in [0, 0.05) is 12.1 Å². The average molecular weight is 274 g/mol. The van der Waals surface area contributed by atoms with Crippen molar-refractivity contribution in [2.24, 2.45) is 0 Å². The zero-order chi connectivity index (χ0) is 14.5. The van der Waals surface area contributed by atoms with Crippen molar-refractivity contribution < 1.29 is 14.4 Å². The Kier molecular flexibility index (Phi) is 4.53. The lowest BCUT2D eigenvalue weighted by atomic mass is 10.1. The monoisotopic (exact) mass is 274 g/mol. The van der Waals surface area contributed by atoms with Crippen molar-refractivity contribution in [1.29, 1.82) is 0 Å². The Morgan fingerprint density at radius 1 is 1.35 bits per heavy atom. The fourth-order valence-electron chi connectivity index (χ4n) is 1.98. The molecular formula is C15H18N2O3. The first kappa shape index (κ1) is 14.3. The number of carbonyl (C=O) groups is 1. The summed E-state index contributed by atoms with van der Waals surface area (Å²) in [5.74, 6) is 0.496. The number of rotatable bonds is 5. The molecule has 0 aliphatic rings. The van der Waals surface area contributed by atoms with E-state index in [0.29, 0.717) is 5.76 Å². The molecule has 0 bridgehead atoms. The summed E-state index contributed by atoms with van der Waals surface area (Å²) in [6.07, 6.45) is -0.493. The van der Waals surface area contributed by atoms with Gasteiger partial charge in [-0.1, -0.05) is 35.5 Å². The van der Waals surface area contributed by atoms with Crippen LogP contribution in [0.1, 0.15) is 28.7 Å². The Hall–Kier alpha value is -2.14. The van der Waals surface area contributed by atoms with Gasteiger partial charge in [-0.05, 0) is 19.4 Å². The maximum Gasteiger partial charge on any atom is 0.224 e. The summed E-state index contributed by atoms with van der Waals surface area (Å²) in [6, 6.07) is 9.23. The molecule has 0 spiro atoms. The molecule has 0 radical (unpaired) electrons. The van der Waals surface area contributed by atoms with Gasteiger partial charge in [-0.15, -0.1) is 0 Å². The third kappa shape index (κ3) is 3.45. The van der Waals surface area contributed by atoms with Gasteiger partial charge in [-0.25, -0.2) is 0 Å². The number of nitrogens with one attached hydrogen (secondary N) is 1. The van der Waals surface area contributed by atoms with E-state index in [1.54, 1.807) is 13.8 Å². The van der Waals surface area contributed by atoms with Gasteiger partial charge in [0.2, 0.25) is 5.91 Å². The Morgan fingerprint density at radius 2 is 2.05 bits per heavy atom. The minimum atomic E-state index is -0.704. The van der Waals surface area contributed by atoms with Gasteiger partial charge in [-0.2, -0.15) is 0 Å². The van der Waals surface area contributed by atoms with Gasteiger partial charge >= 0.3 is 0 Å². The second-order valence-corrected chi connectivity index (χ2v) is 4.71. The average Bonchev–Trinajstić information content (AvgIpc) is 2.77. The molecular weight excluding hydrogens is 256 g/mol. The lowest BCUT2D eigenvalue weighted by Crippen LogP contribution is -2.29. The Labute approximate surface area is 117 Å². The summed E-state index contributed by atoms with van der Waals surface area (Å²) in [5.41, 5.74) is 2.31. The quantitative estimate of drug-likeness (QED) is 0.870. The maximum atomic E-state index is 11.9. The fourth-order valence-corrected chi connectivity index (χ4v) is 1.98. The Morgan fingerprint density at radius 3 is 2.65 bits per heavy atom. The minimum absolute atomic E-state index is 0.158. The molecule has 2 N–H and O–H groups in total. The van der Waals surface area contributed by atoms with Crippen molar-refractivity contribution in [2.75, 3.05) is 6.54 Å². The fraction of sp³-hybridized carbons (Fsp3) is 0.333. The van der Waals surface area contributed by atoms with Gasteiger partial charge < -0.3 is 14.9 Å². The molecule has 0 aliphatic carbocycles. The predicted molar refractivity (Wildman–Crippen MR) is 74.1 cm³/mol. The van der Waals surface area contributed by atoms with Crippen LogP contribution < -0.4 is 5.32 Å². The van der Waals surface area contributed by atoms with Crippen LogP contribution in [0.3, 0.4) is 0 Å². The zero-order valence-corrected chi connectivity index (χ0v) is 11.6. The van der Waals surface area contributed by atoms with Crippen molar-refractivity contribution >= 4 is 5.91 Å². The SMILES string of the molecule is Cc1noc(C)c1CC(=O)NCC(O)c1ccccc1. The molecule has 0 fully saturated rings. The molecule has 2 rings (SSSR count). The van der Waals surface area contributed by atoms with Crippen LogP contribution in [0.15, 0.2) is 34.9 Å². The van der Waals surface area contributed by atoms with Gasteiger partial charge in [0.1, 0.15) is 5.76 Å². The van der Waals surface area contributed by atoms with Crippen LogP contribution in [0.4, 0.5) is 0 Å². The largest absolute Gasteiger partial charge is 0.387 e. The highest BCUT2D eigenvalue weighted by Crippen LogP contribution is 2.13. The number of hydrogen-bond donors (Lipinski definition) is 2. The molecule has 5 heteroatoms. The maximum absolute atomic E-state index is 11.9. The molecule has 2 aromatic rings. The van der Waals surface area contributed by atoms with Crippen molar-refractivity contribution in [3.05, 3.63) is 52.9 Å². The van der Waals surface area contributed by atoms with Crippen molar-refractivity contribution in [3.63, 3.8) is 0 Å². The molecule has 1 amide bonds. The van der Waals surface area contributed by atoms with Crippen molar-refractivity contribution in [2.45, 2.75) is 26.4 Å². The second-order valence-electron chi connectivity index (χ2n) is 4.71. The third-order valence-corrected chi connectivity index (χ3v) is 3.20. The highest BCUT2D eigenvalue weighted by Gasteiger charge is 2.14. The highest BCUT2D eigenvalue weighted by atomic mass is 16.5. The lowest BCUT2D eigenvalue weighted by Gasteiger charge is -2.12. The number of aliphatic hydroxyl groups is 1. The highest BCUT2D eigenvalue weighted by molar-refractivity contribution is 5.79. The first-order valence-corrected chi connectivity index (χ1v) is 6.49. The molecule has 1 aromatic heterocycles. The number of amides is 1. The predicted octanol–water partition coefficient (Wildman–Crippen LogP) is 1.68. The van der Waals surface area contributed by atoms with E-state index < -0.39 is 6.10 Å². The van der Waals surface area contributed by atoms with Gasteiger partial charge in [0.05, 0.1) is 18.2 Å². The zero-order valence-electron chi connectivity index (χ0n) is 11.6. The van der Waals surface area contributed by atoms with Crippen LogP contribution in [0.2, 0.25) is 0 Å². The number of aliphatic hydroxyl groups excluding tert-OH is 1. The topological polar surface area (TPSA) is 75.4 Å². The van der Waals surface area contributed by atoms with Crippen LogP contribution >= 0.6 is 0 Å². The Balaban J connectivity index is 1.87. The Bertz CT molecular complexity index is 559. The van der Waals surface area contributed by atoms with Crippen molar-refractivity contribution in [1.82, 2.24) is 10.5 Å². The number of nitrogens with zero attached hydrogens (tertiary/aromatic N) is 1. The van der Waals surface area contributed by atoms with E-state index in [9.17, 15) is 9.90 Å². The molecule has 1 aromatic carbocycles. The molecule has 0 saturated carbocycles. The molecule has 1 heterocycles. The third-order valence-electron chi connectivity index (χ3n) is 3.20. The van der Waals surface area contributed by atoms with Crippen LogP contribution in [-0.4, -0.2) is 22.7 Å². The lowest BCUT2D eigenvalue weighted by molar-refractivity contribution is -0.120. The number of hydrogen-bond acceptors (Lipinski definition) is 4. The second kappa shape index (κ2) is 6.34. The van der Waals surface area contributed by atoms with Gasteiger partial charge in [-0.3, -0.25) is 4.79 Å². The standard InChI is InChI=1S/C15H18N2O3/c1-10-13(11(2)20-17-10)8-15(19)16-9-14(18)12-6-4-3-5-7-12/h3-7,14,18H,8-9H2,1-2H3,(H,16,19). The first-order chi connectivity index (χ1) is 9.58. The number of aryl methyl sites for hydroxylation is 2. The summed E-state index contributed by atoms with van der Waals surface area (Å²) in [6.45, 7) is 3.77. The van der Waals surface area contributed by atoms with Crippen molar-refractivity contribution in [3.8, 4) is 0 Å². The van der Waals surface area contributed by atoms with E-state index in [4.69, 9.17) is 4.52 Å². The molecule has 0 aliphatic heterocycles. The van der Waals surface area contributed by atoms with Crippen LogP contribution in [0.5, 0.6) is 0 Å². The van der Waals surface area contributed by atoms with E-state index in [1.165, 1.54) is 0 Å².